The molecule has 2 aromatic heterocycles. The Morgan fingerprint density at radius 1 is 1.13 bits per heavy atom. The van der Waals surface area contributed by atoms with Crippen LogP contribution in [0.5, 0.6) is 0 Å². The molecule has 15 heavy (non-hydrogen) atoms. The number of hydrogen-bond acceptors (Lipinski definition) is 2. The highest BCUT2D eigenvalue weighted by Gasteiger charge is 2.06. The molecule has 2 heterocycles. The van der Waals surface area contributed by atoms with Crippen LogP contribution in [0.25, 0.3) is 17.1 Å². The Morgan fingerprint density at radius 3 is 3.13 bits per heavy atom. The molecule has 0 N–H and O–H groups in total. The Balaban J connectivity index is 2.38. The van der Waals surface area contributed by atoms with Crippen LogP contribution in [-0.4, -0.2) is 9.97 Å². The quantitative estimate of drug-likeness (QED) is 0.644. The van der Waals surface area contributed by atoms with Crippen molar-refractivity contribution in [2.75, 3.05) is 0 Å². The molecular formula is C13H10N2. The van der Waals surface area contributed by atoms with Crippen molar-refractivity contribution in [1.82, 2.24) is 9.97 Å². The Labute approximate surface area is 88.0 Å². The van der Waals surface area contributed by atoms with Crippen LogP contribution in [0.1, 0.15) is 11.1 Å². The Hall–Kier alpha value is -1.96. The summed E-state index contributed by atoms with van der Waals surface area (Å²) in [5, 5.41) is 0. The van der Waals surface area contributed by atoms with Gasteiger partial charge in [-0.25, -0.2) is 0 Å². The maximum Gasteiger partial charge on any atom is 0.0961 e. The lowest BCUT2D eigenvalue weighted by Crippen LogP contribution is -1.92. The van der Waals surface area contributed by atoms with E-state index in [4.69, 9.17) is 0 Å². The third-order valence-corrected chi connectivity index (χ3v) is 2.59. The fourth-order valence-electron chi connectivity index (χ4n) is 1.85. The fraction of sp³-hybridized carbons (Fsp3) is 0.0769. The zero-order chi connectivity index (χ0) is 10.1. The van der Waals surface area contributed by atoms with Crippen LogP contribution >= 0.6 is 0 Å². The highest BCUT2D eigenvalue weighted by molar-refractivity contribution is 5.85. The molecule has 0 saturated carbocycles. The van der Waals surface area contributed by atoms with E-state index in [9.17, 15) is 0 Å². The van der Waals surface area contributed by atoms with Gasteiger partial charge < -0.3 is 0 Å². The number of rotatable bonds is 0. The van der Waals surface area contributed by atoms with Crippen LogP contribution in [0.15, 0.2) is 42.8 Å². The molecule has 0 amide bonds. The maximum absolute atomic E-state index is 4.41. The fourth-order valence-corrected chi connectivity index (χ4v) is 1.85. The van der Waals surface area contributed by atoms with Gasteiger partial charge in [0, 0.05) is 18.0 Å². The number of allylic oxidation sites excluding steroid dienone is 3. The number of aromatic nitrogens is 2. The van der Waals surface area contributed by atoms with E-state index in [1.54, 1.807) is 0 Å². The maximum atomic E-state index is 4.41. The zero-order valence-electron chi connectivity index (χ0n) is 8.22. The predicted octanol–water partition coefficient (Wildman–Crippen LogP) is 2.76. The van der Waals surface area contributed by atoms with Gasteiger partial charge in [-0.2, -0.15) is 0 Å². The van der Waals surface area contributed by atoms with E-state index in [1.807, 2.05) is 24.5 Å². The molecule has 0 aliphatic heterocycles. The number of pyridine rings is 2. The van der Waals surface area contributed by atoms with E-state index in [0.29, 0.717) is 0 Å². The molecule has 2 heteroatoms. The number of fused-ring (bicyclic) bond motifs is 3. The Kier molecular flexibility index (Phi) is 1.85. The van der Waals surface area contributed by atoms with Crippen molar-refractivity contribution in [3.05, 3.63) is 53.9 Å². The van der Waals surface area contributed by atoms with Gasteiger partial charge in [-0.1, -0.05) is 24.3 Å². The van der Waals surface area contributed by atoms with Crippen molar-refractivity contribution in [1.29, 1.82) is 0 Å². The van der Waals surface area contributed by atoms with Crippen molar-refractivity contribution in [2.45, 2.75) is 6.42 Å². The summed E-state index contributed by atoms with van der Waals surface area (Å²) in [4.78, 5) is 8.80. The summed E-state index contributed by atoms with van der Waals surface area (Å²) in [5.74, 6) is 0. The van der Waals surface area contributed by atoms with Gasteiger partial charge in [0.15, 0.2) is 0 Å². The lowest BCUT2D eigenvalue weighted by molar-refractivity contribution is 1.20. The first-order valence-corrected chi connectivity index (χ1v) is 5.01. The summed E-state index contributed by atoms with van der Waals surface area (Å²) < 4.78 is 0. The Bertz CT molecular complexity index is 568. The number of hydrogen-bond donors (Lipinski definition) is 0. The number of nitrogens with zero attached hydrogens (tertiary/aromatic N) is 2. The summed E-state index contributed by atoms with van der Waals surface area (Å²) in [6, 6.07) is 3.91. The van der Waals surface area contributed by atoms with Crippen molar-refractivity contribution in [2.24, 2.45) is 0 Å². The largest absolute Gasteiger partial charge is 0.254 e. The van der Waals surface area contributed by atoms with E-state index in [1.165, 1.54) is 11.1 Å². The molecule has 0 radical (unpaired) electrons. The van der Waals surface area contributed by atoms with Crippen LogP contribution in [0.3, 0.4) is 0 Å². The zero-order valence-corrected chi connectivity index (χ0v) is 8.22. The van der Waals surface area contributed by atoms with E-state index >= 15 is 0 Å². The third kappa shape index (κ3) is 1.34. The summed E-state index contributed by atoms with van der Waals surface area (Å²) in [5.41, 5.74) is 4.40. The molecule has 72 valence electrons. The van der Waals surface area contributed by atoms with E-state index in [0.717, 1.165) is 17.5 Å². The van der Waals surface area contributed by atoms with Gasteiger partial charge in [0.1, 0.15) is 0 Å². The summed E-state index contributed by atoms with van der Waals surface area (Å²) in [6.07, 6.45) is 13.1. The van der Waals surface area contributed by atoms with Gasteiger partial charge >= 0.3 is 0 Å². The average Bonchev–Trinajstić information content (AvgIpc) is 2.54. The molecule has 1 aliphatic rings. The molecule has 0 atom stereocenters. The van der Waals surface area contributed by atoms with Gasteiger partial charge in [-0.15, -0.1) is 0 Å². The smallest absolute Gasteiger partial charge is 0.0961 e. The highest BCUT2D eigenvalue weighted by atomic mass is 14.7. The standard InChI is InChI=1S/C13H10N2/c1-2-5-10-9-15-12-7-4-8-14-13(12)11(10)6-3-1/h1-4,6-9H,5H2. The second-order valence-electron chi connectivity index (χ2n) is 3.56. The second-order valence-corrected chi connectivity index (χ2v) is 3.56. The summed E-state index contributed by atoms with van der Waals surface area (Å²) >= 11 is 0. The summed E-state index contributed by atoms with van der Waals surface area (Å²) in [6.45, 7) is 0. The van der Waals surface area contributed by atoms with Gasteiger partial charge in [0.2, 0.25) is 0 Å². The van der Waals surface area contributed by atoms with Crippen LogP contribution in [0.2, 0.25) is 0 Å². The molecule has 0 aromatic carbocycles. The van der Waals surface area contributed by atoms with Gasteiger partial charge in [0.25, 0.3) is 0 Å². The van der Waals surface area contributed by atoms with Crippen LogP contribution < -0.4 is 0 Å². The van der Waals surface area contributed by atoms with Gasteiger partial charge in [-0.05, 0) is 24.1 Å². The highest BCUT2D eigenvalue weighted by Crippen LogP contribution is 2.22. The lowest BCUT2D eigenvalue weighted by Gasteiger charge is -2.05. The molecular weight excluding hydrogens is 184 g/mol. The molecule has 0 fully saturated rings. The minimum atomic E-state index is 0.932. The average molecular weight is 194 g/mol. The molecule has 2 nitrogen and oxygen atoms in total. The first-order chi connectivity index (χ1) is 7.45. The molecule has 0 bridgehead atoms. The normalized spacial score (nSPS) is 13.9. The SMILES string of the molecule is C1=CCc2cnc3cccnc3c2C=C1. The Morgan fingerprint density at radius 2 is 2.13 bits per heavy atom. The van der Waals surface area contributed by atoms with Crippen molar-refractivity contribution >= 4 is 17.1 Å². The molecule has 3 rings (SSSR count). The van der Waals surface area contributed by atoms with Crippen LogP contribution in [-0.2, 0) is 6.42 Å². The third-order valence-electron chi connectivity index (χ3n) is 2.59. The second kappa shape index (κ2) is 3.31. The minimum Gasteiger partial charge on any atom is -0.254 e. The van der Waals surface area contributed by atoms with Crippen LogP contribution in [0.4, 0.5) is 0 Å². The first-order valence-electron chi connectivity index (χ1n) is 5.01. The summed E-state index contributed by atoms with van der Waals surface area (Å²) in [7, 11) is 0. The minimum absolute atomic E-state index is 0.932. The van der Waals surface area contributed by atoms with Crippen molar-refractivity contribution < 1.29 is 0 Å². The molecule has 1 aliphatic carbocycles. The van der Waals surface area contributed by atoms with Crippen molar-refractivity contribution in [3.63, 3.8) is 0 Å². The lowest BCUT2D eigenvalue weighted by atomic mass is 10.1. The van der Waals surface area contributed by atoms with E-state index in [2.05, 4.69) is 34.3 Å². The van der Waals surface area contributed by atoms with Gasteiger partial charge in [0.05, 0.1) is 11.0 Å². The predicted molar refractivity (Wildman–Crippen MR) is 61.4 cm³/mol. The topological polar surface area (TPSA) is 25.8 Å². The first kappa shape index (κ1) is 8.36. The monoisotopic (exact) mass is 194 g/mol. The van der Waals surface area contributed by atoms with E-state index in [-0.39, 0.29) is 0 Å². The van der Waals surface area contributed by atoms with Crippen LogP contribution in [0, 0.1) is 0 Å². The van der Waals surface area contributed by atoms with E-state index < -0.39 is 0 Å². The molecule has 0 unspecified atom stereocenters. The van der Waals surface area contributed by atoms with Gasteiger partial charge in [-0.3, -0.25) is 9.97 Å². The molecule has 0 saturated heterocycles. The molecule has 0 spiro atoms. The van der Waals surface area contributed by atoms with Crippen molar-refractivity contribution in [3.8, 4) is 0 Å². The molecule has 2 aromatic rings.